The SMILES string of the molecule is COCC(CN)Oc1cc(F)ccc1C. The minimum atomic E-state index is -0.316. The van der Waals surface area contributed by atoms with Crippen molar-refractivity contribution >= 4 is 0 Å². The van der Waals surface area contributed by atoms with Crippen LogP contribution < -0.4 is 10.5 Å². The van der Waals surface area contributed by atoms with Crippen molar-refractivity contribution in [3.8, 4) is 5.75 Å². The van der Waals surface area contributed by atoms with E-state index in [9.17, 15) is 4.39 Å². The number of rotatable bonds is 5. The van der Waals surface area contributed by atoms with Gasteiger partial charge in [0.25, 0.3) is 0 Å². The normalized spacial score (nSPS) is 12.5. The summed E-state index contributed by atoms with van der Waals surface area (Å²) in [5.74, 6) is 0.200. The number of aryl methyl sites for hydroxylation is 1. The summed E-state index contributed by atoms with van der Waals surface area (Å²) in [6.07, 6.45) is -0.240. The van der Waals surface area contributed by atoms with E-state index in [0.717, 1.165) is 5.56 Å². The van der Waals surface area contributed by atoms with Crippen LogP contribution in [0, 0.1) is 12.7 Å². The summed E-state index contributed by atoms with van der Waals surface area (Å²) >= 11 is 0. The fourth-order valence-electron chi connectivity index (χ4n) is 1.22. The zero-order valence-electron chi connectivity index (χ0n) is 9.00. The Balaban J connectivity index is 2.73. The van der Waals surface area contributed by atoms with Gasteiger partial charge in [-0.3, -0.25) is 0 Å². The predicted octanol–water partition coefficient (Wildman–Crippen LogP) is 1.49. The summed E-state index contributed by atoms with van der Waals surface area (Å²) in [7, 11) is 1.57. The molecule has 0 heterocycles. The minimum Gasteiger partial charge on any atom is -0.486 e. The van der Waals surface area contributed by atoms with Crippen molar-refractivity contribution in [1.29, 1.82) is 0 Å². The summed E-state index contributed by atoms with van der Waals surface area (Å²) in [6, 6.07) is 4.43. The fourth-order valence-corrected chi connectivity index (χ4v) is 1.22. The van der Waals surface area contributed by atoms with E-state index in [4.69, 9.17) is 15.2 Å². The Morgan fingerprint density at radius 2 is 2.20 bits per heavy atom. The van der Waals surface area contributed by atoms with Crippen LogP contribution in [-0.2, 0) is 4.74 Å². The highest BCUT2D eigenvalue weighted by molar-refractivity contribution is 5.32. The number of halogens is 1. The van der Waals surface area contributed by atoms with Crippen molar-refractivity contribution in [2.24, 2.45) is 5.73 Å². The number of hydrogen-bond acceptors (Lipinski definition) is 3. The van der Waals surface area contributed by atoms with E-state index in [0.29, 0.717) is 18.9 Å². The zero-order valence-corrected chi connectivity index (χ0v) is 9.00. The lowest BCUT2D eigenvalue weighted by Crippen LogP contribution is -2.31. The van der Waals surface area contributed by atoms with Crippen LogP contribution >= 0.6 is 0 Å². The topological polar surface area (TPSA) is 44.5 Å². The molecule has 0 bridgehead atoms. The average molecular weight is 213 g/mol. The summed E-state index contributed by atoms with van der Waals surface area (Å²) in [6.45, 7) is 2.59. The highest BCUT2D eigenvalue weighted by Gasteiger charge is 2.10. The first-order valence-electron chi connectivity index (χ1n) is 4.79. The summed E-state index contributed by atoms with van der Waals surface area (Å²) in [5.41, 5.74) is 6.38. The first kappa shape index (κ1) is 11.9. The molecule has 0 saturated heterocycles. The number of methoxy groups -OCH3 is 1. The van der Waals surface area contributed by atoms with Crippen LogP contribution in [0.5, 0.6) is 5.75 Å². The molecule has 0 aliphatic carbocycles. The minimum absolute atomic E-state index is 0.240. The van der Waals surface area contributed by atoms with Crippen LogP contribution in [0.1, 0.15) is 5.56 Å². The second-order valence-electron chi connectivity index (χ2n) is 3.34. The van der Waals surface area contributed by atoms with Crippen molar-refractivity contribution in [3.05, 3.63) is 29.6 Å². The van der Waals surface area contributed by atoms with Crippen molar-refractivity contribution in [1.82, 2.24) is 0 Å². The average Bonchev–Trinajstić information content (AvgIpc) is 2.22. The molecule has 4 heteroatoms. The Kier molecular flexibility index (Phi) is 4.52. The number of nitrogens with two attached hydrogens (primary N) is 1. The molecule has 0 saturated carbocycles. The predicted molar refractivity (Wildman–Crippen MR) is 56.5 cm³/mol. The molecular weight excluding hydrogens is 197 g/mol. The smallest absolute Gasteiger partial charge is 0.134 e. The van der Waals surface area contributed by atoms with Crippen LogP contribution in [0.15, 0.2) is 18.2 Å². The Hall–Kier alpha value is -1.13. The molecule has 1 aromatic carbocycles. The van der Waals surface area contributed by atoms with Gasteiger partial charge in [-0.1, -0.05) is 6.07 Å². The van der Waals surface area contributed by atoms with Crippen LogP contribution in [0.3, 0.4) is 0 Å². The van der Waals surface area contributed by atoms with Gasteiger partial charge in [-0.2, -0.15) is 0 Å². The Labute approximate surface area is 89.0 Å². The van der Waals surface area contributed by atoms with E-state index < -0.39 is 0 Å². The van der Waals surface area contributed by atoms with Gasteiger partial charge in [-0.05, 0) is 18.6 Å². The van der Waals surface area contributed by atoms with Gasteiger partial charge < -0.3 is 15.2 Å². The van der Waals surface area contributed by atoms with E-state index in [1.165, 1.54) is 12.1 Å². The number of ether oxygens (including phenoxy) is 2. The van der Waals surface area contributed by atoms with Crippen LogP contribution in [0.25, 0.3) is 0 Å². The second kappa shape index (κ2) is 5.68. The maximum atomic E-state index is 12.9. The molecule has 0 amide bonds. The van der Waals surface area contributed by atoms with Crippen molar-refractivity contribution in [2.75, 3.05) is 20.3 Å². The Morgan fingerprint density at radius 3 is 2.80 bits per heavy atom. The van der Waals surface area contributed by atoms with Crippen LogP contribution in [0.2, 0.25) is 0 Å². The fraction of sp³-hybridized carbons (Fsp3) is 0.455. The number of hydrogen-bond donors (Lipinski definition) is 1. The summed E-state index contributed by atoms with van der Waals surface area (Å²) in [4.78, 5) is 0. The lowest BCUT2D eigenvalue weighted by atomic mass is 10.2. The molecule has 3 nitrogen and oxygen atoms in total. The first-order chi connectivity index (χ1) is 7.17. The molecule has 0 spiro atoms. The van der Waals surface area contributed by atoms with Gasteiger partial charge in [0.2, 0.25) is 0 Å². The molecule has 1 unspecified atom stereocenters. The molecule has 0 aromatic heterocycles. The third-order valence-electron chi connectivity index (χ3n) is 2.06. The third kappa shape index (κ3) is 3.49. The Morgan fingerprint density at radius 1 is 1.47 bits per heavy atom. The molecule has 0 aliphatic rings. The molecule has 1 atom stereocenters. The van der Waals surface area contributed by atoms with E-state index in [1.54, 1.807) is 13.2 Å². The van der Waals surface area contributed by atoms with Crippen molar-refractivity contribution < 1.29 is 13.9 Å². The molecule has 84 valence electrons. The molecule has 1 aromatic rings. The molecule has 0 radical (unpaired) electrons. The molecule has 15 heavy (non-hydrogen) atoms. The monoisotopic (exact) mass is 213 g/mol. The summed E-state index contributed by atoms with van der Waals surface area (Å²) < 4.78 is 23.4. The standard InChI is InChI=1S/C11H16FNO2/c1-8-3-4-9(12)5-11(8)15-10(6-13)7-14-2/h3-5,10H,6-7,13H2,1-2H3. The highest BCUT2D eigenvalue weighted by atomic mass is 19.1. The second-order valence-corrected chi connectivity index (χ2v) is 3.34. The van der Waals surface area contributed by atoms with Gasteiger partial charge in [0.1, 0.15) is 17.7 Å². The summed E-state index contributed by atoms with van der Waals surface area (Å²) in [5, 5.41) is 0. The zero-order chi connectivity index (χ0) is 11.3. The largest absolute Gasteiger partial charge is 0.486 e. The van der Waals surface area contributed by atoms with Crippen LogP contribution in [-0.4, -0.2) is 26.4 Å². The van der Waals surface area contributed by atoms with E-state index >= 15 is 0 Å². The number of benzene rings is 1. The van der Waals surface area contributed by atoms with Gasteiger partial charge in [0.15, 0.2) is 0 Å². The van der Waals surface area contributed by atoms with Crippen molar-refractivity contribution in [3.63, 3.8) is 0 Å². The Bertz CT molecular complexity index is 317. The lowest BCUT2D eigenvalue weighted by molar-refractivity contribution is 0.0853. The lowest BCUT2D eigenvalue weighted by Gasteiger charge is -2.17. The maximum absolute atomic E-state index is 12.9. The van der Waals surface area contributed by atoms with Crippen LogP contribution in [0.4, 0.5) is 4.39 Å². The quantitative estimate of drug-likeness (QED) is 0.805. The molecule has 2 N–H and O–H groups in total. The first-order valence-corrected chi connectivity index (χ1v) is 4.79. The molecule has 0 aliphatic heterocycles. The van der Waals surface area contributed by atoms with Crippen molar-refractivity contribution in [2.45, 2.75) is 13.0 Å². The molecular formula is C11H16FNO2. The van der Waals surface area contributed by atoms with Gasteiger partial charge in [-0.25, -0.2) is 4.39 Å². The van der Waals surface area contributed by atoms with E-state index in [1.807, 2.05) is 6.92 Å². The molecule has 1 rings (SSSR count). The highest BCUT2D eigenvalue weighted by Crippen LogP contribution is 2.19. The third-order valence-corrected chi connectivity index (χ3v) is 2.06. The van der Waals surface area contributed by atoms with Gasteiger partial charge in [0, 0.05) is 19.7 Å². The van der Waals surface area contributed by atoms with Gasteiger partial charge in [-0.15, -0.1) is 0 Å². The molecule has 0 fully saturated rings. The van der Waals surface area contributed by atoms with E-state index in [-0.39, 0.29) is 11.9 Å². The van der Waals surface area contributed by atoms with Gasteiger partial charge >= 0.3 is 0 Å². The van der Waals surface area contributed by atoms with Gasteiger partial charge in [0.05, 0.1) is 6.61 Å². The maximum Gasteiger partial charge on any atom is 0.134 e. The van der Waals surface area contributed by atoms with E-state index in [2.05, 4.69) is 0 Å².